The van der Waals surface area contributed by atoms with Crippen molar-refractivity contribution >= 4 is 25.7 Å². The van der Waals surface area contributed by atoms with E-state index in [1.54, 1.807) is 26.0 Å². The van der Waals surface area contributed by atoms with Crippen LogP contribution in [0.25, 0.3) is 0 Å². The molecule has 0 atom stereocenters. The molecule has 0 amide bonds. The van der Waals surface area contributed by atoms with Crippen molar-refractivity contribution in [3.63, 3.8) is 0 Å². The molecular formula is C19H24N2O4S2. The molecule has 1 fully saturated rings. The Morgan fingerprint density at radius 3 is 2.26 bits per heavy atom. The van der Waals surface area contributed by atoms with Crippen molar-refractivity contribution in [2.24, 2.45) is 0 Å². The smallest absolute Gasteiger partial charge is 0.241 e. The molecule has 0 radical (unpaired) electrons. The van der Waals surface area contributed by atoms with Gasteiger partial charge in [0.05, 0.1) is 16.3 Å². The van der Waals surface area contributed by atoms with E-state index in [0.29, 0.717) is 29.8 Å². The van der Waals surface area contributed by atoms with E-state index < -0.39 is 20.0 Å². The Bertz CT molecular complexity index is 1010. The number of nitrogens with one attached hydrogen (secondary N) is 1. The van der Waals surface area contributed by atoms with Gasteiger partial charge >= 0.3 is 0 Å². The van der Waals surface area contributed by atoms with E-state index in [-0.39, 0.29) is 17.2 Å². The van der Waals surface area contributed by atoms with Crippen LogP contribution in [0.5, 0.6) is 0 Å². The van der Waals surface area contributed by atoms with Gasteiger partial charge < -0.3 is 0 Å². The van der Waals surface area contributed by atoms with Gasteiger partial charge in [-0.2, -0.15) is 0 Å². The Hall–Kier alpha value is -1.90. The van der Waals surface area contributed by atoms with E-state index in [1.807, 2.05) is 30.3 Å². The summed E-state index contributed by atoms with van der Waals surface area (Å²) in [4.78, 5) is 0.205. The zero-order chi connectivity index (χ0) is 19.7. The number of hydrogen-bond acceptors (Lipinski definition) is 4. The van der Waals surface area contributed by atoms with Crippen molar-refractivity contribution in [2.75, 3.05) is 16.6 Å². The number of aryl methyl sites for hydroxylation is 2. The second kappa shape index (κ2) is 7.61. The molecular weight excluding hydrogens is 384 g/mol. The van der Waals surface area contributed by atoms with Crippen LogP contribution < -0.4 is 9.03 Å². The third-order valence-electron chi connectivity index (χ3n) is 4.66. The fourth-order valence-electron chi connectivity index (χ4n) is 3.42. The Morgan fingerprint density at radius 1 is 1.04 bits per heavy atom. The van der Waals surface area contributed by atoms with Gasteiger partial charge in [0.1, 0.15) is 0 Å². The molecule has 8 heteroatoms. The molecule has 0 aromatic heterocycles. The summed E-state index contributed by atoms with van der Waals surface area (Å²) in [5.74, 6) is 0.129. The molecule has 1 N–H and O–H groups in total. The molecule has 0 unspecified atom stereocenters. The molecule has 6 nitrogen and oxygen atoms in total. The molecule has 2 aromatic carbocycles. The predicted octanol–water partition coefficient (Wildman–Crippen LogP) is 2.71. The van der Waals surface area contributed by atoms with Crippen molar-refractivity contribution < 1.29 is 16.8 Å². The first-order valence-electron chi connectivity index (χ1n) is 8.86. The molecule has 2 aromatic rings. The van der Waals surface area contributed by atoms with Crippen LogP contribution in [0.1, 0.15) is 29.5 Å². The lowest BCUT2D eigenvalue weighted by atomic mass is 10.1. The Labute approximate surface area is 161 Å². The molecule has 146 valence electrons. The SMILES string of the molecule is Cc1cc(N2CCCCS2(=O)=O)cc(C)c1S(=O)(=O)NCc1ccccc1. The minimum atomic E-state index is -3.71. The highest BCUT2D eigenvalue weighted by Gasteiger charge is 2.28. The van der Waals surface area contributed by atoms with Crippen LogP contribution in [-0.4, -0.2) is 29.1 Å². The zero-order valence-electron chi connectivity index (χ0n) is 15.5. The Kier molecular flexibility index (Phi) is 5.60. The van der Waals surface area contributed by atoms with E-state index >= 15 is 0 Å². The highest BCUT2D eigenvalue weighted by Crippen LogP contribution is 2.30. The largest absolute Gasteiger partial charge is 0.270 e. The molecule has 1 heterocycles. The van der Waals surface area contributed by atoms with Gasteiger partial charge in [-0.05, 0) is 55.5 Å². The first-order chi connectivity index (χ1) is 12.7. The van der Waals surface area contributed by atoms with E-state index in [0.717, 1.165) is 12.0 Å². The van der Waals surface area contributed by atoms with Crippen LogP contribution in [0.2, 0.25) is 0 Å². The van der Waals surface area contributed by atoms with Crippen molar-refractivity contribution in [3.8, 4) is 0 Å². The number of hydrogen-bond donors (Lipinski definition) is 1. The Morgan fingerprint density at radius 2 is 1.67 bits per heavy atom. The van der Waals surface area contributed by atoms with E-state index in [4.69, 9.17) is 0 Å². The van der Waals surface area contributed by atoms with Crippen LogP contribution in [0.15, 0.2) is 47.4 Å². The molecule has 0 saturated carbocycles. The first kappa shape index (κ1) is 19.9. The number of nitrogens with zero attached hydrogens (tertiary/aromatic N) is 1. The van der Waals surface area contributed by atoms with Crippen LogP contribution in [-0.2, 0) is 26.6 Å². The molecule has 0 aliphatic carbocycles. The maximum absolute atomic E-state index is 12.8. The summed E-state index contributed by atoms with van der Waals surface area (Å²) in [6, 6.07) is 12.6. The van der Waals surface area contributed by atoms with Gasteiger partial charge in [0.25, 0.3) is 0 Å². The van der Waals surface area contributed by atoms with Gasteiger partial charge in [-0.1, -0.05) is 30.3 Å². The first-order valence-corrected chi connectivity index (χ1v) is 12.0. The summed E-state index contributed by atoms with van der Waals surface area (Å²) in [5, 5.41) is 0. The predicted molar refractivity (Wildman–Crippen MR) is 107 cm³/mol. The molecule has 1 saturated heterocycles. The fraction of sp³-hybridized carbons (Fsp3) is 0.368. The van der Waals surface area contributed by atoms with Crippen molar-refractivity contribution in [3.05, 3.63) is 59.2 Å². The van der Waals surface area contributed by atoms with Gasteiger partial charge in [-0.25, -0.2) is 21.6 Å². The van der Waals surface area contributed by atoms with E-state index in [2.05, 4.69) is 4.72 Å². The number of anilines is 1. The van der Waals surface area contributed by atoms with Crippen molar-refractivity contribution in [1.82, 2.24) is 4.72 Å². The fourth-order valence-corrected chi connectivity index (χ4v) is 6.51. The molecule has 1 aliphatic heterocycles. The summed E-state index contributed by atoms with van der Waals surface area (Å²) >= 11 is 0. The molecule has 0 bridgehead atoms. The minimum Gasteiger partial charge on any atom is -0.270 e. The summed E-state index contributed by atoms with van der Waals surface area (Å²) in [6.07, 6.45) is 1.46. The van der Waals surface area contributed by atoms with Gasteiger partial charge in [0.2, 0.25) is 20.0 Å². The second-order valence-corrected chi connectivity index (χ2v) is 10.5. The molecule has 3 rings (SSSR count). The highest BCUT2D eigenvalue weighted by atomic mass is 32.2. The van der Waals surface area contributed by atoms with E-state index in [9.17, 15) is 16.8 Å². The maximum Gasteiger partial charge on any atom is 0.241 e. The van der Waals surface area contributed by atoms with Gasteiger partial charge in [0.15, 0.2) is 0 Å². The normalized spacial score (nSPS) is 17.0. The number of rotatable bonds is 5. The van der Waals surface area contributed by atoms with Crippen LogP contribution in [0, 0.1) is 13.8 Å². The number of benzene rings is 2. The lowest BCUT2D eigenvalue weighted by Gasteiger charge is -2.29. The molecule has 27 heavy (non-hydrogen) atoms. The summed E-state index contributed by atoms with van der Waals surface area (Å²) in [6.45, 7) is 4.03. The highest BCUT2D eigenvalue weighted by molar-refractivity contribution is 7.92. The average Bonchev–Trinajstić information content (AvgIpc) is 2.59. The Balaban J connectivity index is 1.90. The topological polar surface area (TPSA) is 83.6 Å². The minimum absolute atomic E-state index is 0.129. The summed E-state index contributed by atoms with van der Waals surface area (Å²) in [5.41, 5.74) is 2.47. The average molecular weight is 409 g/mol. The van der Waals surface area contributed by atoms with Crippen molar-refractivity contribution in [1.29, 1.82) is 0 Å². The number of sulfonamides is 2. The second-order valence-electron chi connectivity index (χ2n) is 6.81. The van der Waals surface area contributed by atoms with Gasteiger partial charge in [-0.15, -0.1) is 0 Å². The van der Waals surface area contributed by atoms with Crippen LogP contribution in [0.3, 0.4) is 0 Å². The van der Waals surface area contributed by atoms with Gasteiger partial charge in [-0.3, -0.25) is 4.31 Å². The van der Waals surface area contributed by atoms with E-state index in [1.165, 1.54) is 4.31 Å². The zero-order valence-corrected chi connectivity index (χ0v) is 17.1. The monoisotopic (exact) mass is 408 g/mol. The third kappa shape index (κ3) is 4.34. The van der Waals surface area contributed by atoms with Crippen LogP contribution in [0.4, 0.5) is 5.69 Å². The van der Waals surface area contributed by atoms with Crippen molar-refractivity contribution in [2.45, 2.75) is 38.1 Å². The third-order valence-corrected chi connectivity index (χ3v) is 8.24. The van der Waals surface area contributed by atoms with Gasteiger partial charge in [0, 0.05) is 13.1 Å². The summed E-state index contributed by atoms with van der Waals surface area (Å²) < 4.78 is 54.3. The maximum atomic E-state index is 12.8. The molecule has 0 spiro atoms. The summed E-state index contributed by atoms with van der Waals surface area (Å²) in [7, 11) is -7.05. The quantitative estimate of drug-likeness (QED) is 0.825. The standard InChI is InChI=1S/C19H24N2O4S2/c1-15-12-18(21-10-6-7-11-26(21,22)23)13-16(2)19(15)27(24,25)20-14-17-8-4-3-5-9-17/h3-5,8-9,12-13,20H,6-7,10-11,14H2,1-2H3. The van der Waals surface area contributed by atoms with Crippen LogP contribution >= 0.6 is 0 Å². The lowest BCUT2D eigenvalue weighted by Crippen LogP contribution is -2.38. The lowest BCUT2D eigenvalue weighted by molar-refractivity contribution is 0.574. The molecule has 1 aliphatic rings.